The van der Waals surface area contributed by atoms with Crippen LogP contribution in [0.3, 0.4) is 0 Å². The highest BCUT2D eigenvalue weighted by Crippen LogP contribution is 2.47. The van der Waals surface area contributed by atoms with E-state index in [2.05, 4.69) is 11.0 Å². The molecule has 6 nitrogen and oxygen atoms in total. The molecule has 0 unspecified atom stereocenters. The summed E-state index contributed by atoms with van der Waals surface area (Å²) in [6.07, 6.45) is 3.95. The summed E-state index contributed by atoms with van der Waals surface area (Å²) in [6.45, 7) is 3.71. The minimum atomic E-state index is -3.33. The summed E-state index contributed by atoms with van der Waals surface area (Å²) in [5, 5.41) is 1.02. The van der Waals surface area contributed by atoms with Crippen LogP contribution >= 0.6 is 23.2 Å². The first-order valence-corrected chi connectivity index (χ1v) is 16.2. The van der Waals surface area contributed by atoms with E-state index in [0.717, 1.165) is 55.7 Å². The summed E-state index contributed by atoms with van der Waals surface area (Å²) in [5.41, 5.74) is 3.55. The van der Waals surface area contributed by atoms with Gasteiger partial charge in [-0.15, -0.1) is 0 Å². The van der Waals surface area contributed by atoms with E-state index < -0.39 is 10.0 Å². The van der Waals surface area contributed by atoms with Crippen LogP contribution in [0, 0.1) is 0 Å². The number of sulfonamides is 1. The summed E-state index contributed by atoms with van der Waals surface area (Å²) in [7, 11) is -1.49. The van der Waals surface area contributed by atoms with Crippen molar-refractivity contribution in [2.75, 3.05) is 50.3 Å². The fourth-order valence-corrected chi connectivity index (χ4v) is 7.50. The number of carbonyl (C=O) groups is 1. The number of hydrogen-bond acceptors (Lipinski definition) is 4. The van der Waals surface area contributed by atoms with Crippen LogP contribution < -0.4 is 4.31 Å². The third kappa shape index (κ3) is 6.03. The lowest BCUT2D eigenvalue weighted by atomic mass is 9.74. The number of amides is 1. The number of benzene rings is 3. The second-order valence-corrected chi connectivity index (χ2v) is 13.8. The maximum absolute atomic E-state index is 13.1. The first-order chi connectivity index (χ1) is 19.1. The number of hydrogen-bond donors (Lipinski definition) is 0. The van der Waals surface area contributed by atoms with Gasteiger partial charge in [-0.05, 0) is 80.4 Å². The molecule has 1 saturated heterocycles. The topological polar surface area (TPSA) is 60.9 Å². The Labute approximate surface area is 247 Å². The molecule has 40 heavy (non-hydrogen) atoms. The number of carbonyl (C=O) groups excluding carboxylic acids is 1. The molecule has 0 aromatic heterocycles. The van der Waals surface area contributed by atoms with Crippen LogP contribution in [0.4, 0.5) is 5.69 Å². The minimum absolute atomic E-state index is 0.0131. The second-order valence-electron chi connectivity index (χ2n) is 11.1. The monoisotopic (exact) mass is 599 g/mol. The maximum atomic E-state index is 13.1. The number of likely N-dealkylation sites (tertiary alicyclic amines) is 1. The molecule has 3 aromatic carbocycles. The smallest absolute Gasteiger partial charge is 0.253 e. The van der Waals surface area contributed by atoms with E-state index in [-0.39, 0.29) is 17.2 Å². The fraction of sp³-hybridized carbons (Fsp3) is 0.387. The number of rotatable bonds is 8. The van der Waals surface area contributed by atoms with Crippen LogP contribution in [-0.4, -0.2) is 70.2 Å². The van der Waals surface area contributed by atoms with Gasteiger partial charge in [0.25, 0.3) is 5.91 Å². The predicted molar refractivity (Wildman–Crippen MR) is 163 cm³/mol. The van der Waals surface area contributed by atoms with Crippen LogP contribution in [0.5, 0.6) is 0 Å². The lowest BCUT2D eigenvalue weighted by Crippen LogP contribution is -2.46. The van der Waals surface area contributed by atoms with E-state index in [1.165, 1.54) is 6.26 Å². The summed E-state index contributed by atoms with van der Waals surface area (Å²) < 4.78 is 26.7. The number of piperidine rings is 1. The van der Waals surface area contributed by atoms with Crippen LogP contribution in [0.2, 0.25) is 10.0 Å². The van der Waals surface area contributed by atoms with Crippen molar-refractivity contribution < 1.29 is 13.2 Å². The Kier molecular flexibility index (Phi) is 8.48. The van der Waals surface area contributed by atoms with Gasteiger partial charge in [0.2, 0.25) is 10.0 Å². The molecule has 2 aliphatic rings. The van der Waals surface area contributed by atoms with Gasteiger partial charge < -0.3 is 9.80 Å². The van der Waals surface area contributed by atoms with Gasteiger partial charge in [0.1, 0.15) is 0 Å². The van der Waals surface area contributed by atoms with Crippen molar-refractivity contribution in [1.29, 1.82) is 0 Å². The van der Waals surface area contributed by atoms with Crippen LogP contribution in [0.25, 0.3) is 0 Å². The Hall–Kier alpha value is -2.58. The number of anilines is 1. The van der Waals surface area contributed by atoms with Crippen molar-refractivity contribution in [3.63, 3.8) is 0 Å². The van der Waals surface area contributed by atoms with Gasteiger partial charge in [-0.25, -0.2) is 8.42 Å². The van der Waals surface area contributed by atoms with Crippen molar-refractivity contribution >= 4 is 44.8 Å². The molecule has 3 aromatic rings. The molecular formula is C31H35Cl2N3O3S. The van der Waals surface area contributed by atoms with E-state index in [1.807, 2.05) is 73.8 Å². The van der Waals surface area contributed by atoms with E-state index in [1.54, 1.807) is 9.21 Å². The first-order valence-electron chi connectivity index (χ1n) is 13.6. The number of fused-ring (bicyclic) bond motifs is 2. The highest BCUT2D eigenvalue weighted by atomic mass is 35.5. The summed E-state index contributed by atoms with van der Waals surface area (Å²) in [5.74, 6) is 0.0668. The van der Waals surface area contributed by atoms with Crippen molar-refractivity contribution in [2.45, 2.75) is 30.6 Å². The molecule has 0 radical (unpaired) electrons. The number of nitrogens with zero attached hydrogens (tertiary/aromatic N) is 3. The summed E-state index contributed by atoms with van der Waals surface area (Å²) in [4.78, 5) is 17.3. The van der Waals surface area contributed by atoms with E-state index in [0.29, 0.717) is 28.7 Å². The zero-order chi connectivity index (χ0) is 28.5. The molecule has 1 amide bonds. The molecule has 0 bridgehead atoms. The summed E-state index contributed by atoms with van der Waals surface area (Å²) in [6, 6.07) is 23.0. The highest BCUT2D eigenvalue weighted by molar-refractivity contribution is 7.92. The molecule has 1 atom stereocenters. The zero-order valence-corrected chi connectivity index (χ0v) is 25.2. The Morgan fingerprint density at radius 2 is 1.65 bits per heavy atom. The minimum Gasteiger partial charge on any atom is -0.341 e. The Bertz CT molecular complexity index is 1470. The molecule has 9 heteroatoms. The Morgan fingerprint density at radius 1 is 0.975 bits per heavy atom. The summed E-state index contributed by atoms with van der Waals surface area (Å²) >= 11 is 12.6. The van der Waals surface area contributed by atoms with Crippen molar-refractivity contribution in [2.24, 2.45) is 0 Å². The third-order valence-corrected chi connectivity index (χ3v) is 10.3. The molecule has 212 valence electrons. The van der Waals surface area contributed by atoms with Crippen LogP contribution in [0.15, 0.2) is 72.8 Å². The lowest BCUT2D eigenvalue weighted by molar-refractivity contribution is 0.0780. The number of likely N-dealkylation sites (N-methyl/N-ethyl adjacent to an activating group) is 1. The van der Waals surface area contributed by atoms with Crippen LogP contribution in [0.1, 0.15) is 46.7 Å². The predicted octanol–water partition coefficient (Wildman–Crippen LogP) is 6.05. The third-order valence-electron chi connectivity index (χ3n) is 8.47. The molecule has 5 rings (SSSR count). The highest BCUT2D eigenvalue weighted by Gasteiger charge is 2.46. The Balaban J connectivity index is 1.28. The zero-order valence-electron chi connectivity index (χ0n) is 22.9. The first kappa shape index (κ1) is 28.9. The normalized spacial score (nSPS) is 17.6. The van der Waals surface area contributed by atoms with Gasteiger partial charge in [-0.2, -0.15) is 0 Å². The van der Waals surface area contributed by atoms with Gasteiger partial charge >= 0.3 is 0 Å². The van der Waals surface area contributed by atoms with Gasteiger partial charge in [0.15, 0.2) is 0 Å². The van der Waals surface area contributed by atoms with Crippen LogP contribution in [-0.2, 0) is 15.4 Å². The molecule has 0 aliphatic carbocycles. The second kappa shape index (κ2) is 11.7. The molecule has 1 spiro atoms. The fourth-order valence-electron chi connectivity index (χ4n) is 6.20. The van der Waals surface area contributed by atoms with Gasteiger partial charge in [0, 0.05) is 37.0 Å². The van der Waals surface area contributed by atoms with Gasteiger partial charge in [-0.1, -0.05) is 65.7 Å². The molecule has 2 aliphatic heterocycles. The van der Waals surface area contributed by atoms with Crippen molar-refractivity contribution in [3.05, 3.63) is 99.5 Å². The van der Waals surface area contributed by atoms with Crippen molar-refractivity contribution in [3.8, 4) is 0 Å². The quantitative estimate of drug-likeness (QED) is 0.316. The SMILES string of the molecule is CN(C[C@@H](CCN1CCC2(CC1)CN(S(C)(=O)=O)c1ccccc12)c1ccc(Cl)c(Cl)c1)C(=O)c1ccccc1. The molecular weight excluding hydrogens is 565 g/mol. The lowest BCUT2D eigenvalue weighted by Gasteiger charge is -2.40. The van der Waals surface area contributed by atoms with Crippen molar-refractivity contribution in [1.82, 2.24) is 9.80 Å². The molecule has 1 fully saturated rings. The number of halogens is 2. The molecule has 0 N–H and O–H groups in total. The van der Waals surface area contributed by atoms with E-state index >= 15 is 0 Å². The van der Waals surface area contributed by atoms with E-state index in [9.17, 15) is 13.2 Å². The molecule has 0 saturated carbocycles. The maximum Gasteiger partial charge on any atom is 0.253 e. The van der Waals surface area contributed by atoms with Gasteiger partial charge in [0.05, 0.1) is 22.0 Å². The largest absolute Gasteiger partial charge is 0.341 e. The average Bonchev–Trinajstić information content (AvgIpc) is 3.28. The Morgan fingerprint density at radius 3 is 2.33 bits per heavy atom. The van der Waals surface area contributed by atoms with E-state index in [4.69, 9.17) is 23.2 Å². The molecule has 2 heterocycles. The van der Waals surface area contributed by atoms with Gasteiger partial charge in [-0.3, -0.25) is 9.10 Å². The average molecular weight is 601 g/mol. The number of para-hydroxylation sites is 1. The standard InChI is InChI=1S/C31H35Cl2N3O3S/c1-34(30(37)23-8-4-3-5-9-23)21-25(24-12-13-27(32)28(33)20-24)14-17-35-18-15-31(16-19-35)22-36(40(2,38)39)29-11-7-6-10-26(29)31/h3-13,20,25H,14-19,21-22H2,1-2H3/t25-/m1/s1.